The van der Waals surface area contributed by atoms with E-state index in [9.17, 15) is 14.4 Å². The third-order valence-corrected chi connectivity index (χ3v) is 4.50. The van der Waals surface area contributed by atoms with E-state index >= 15 is 0 Å². The number of carbonyl (C=O) groups excluding carboxylic acids is 2. The molecule has 0 aromatic rings. The first-order valence-electron chi connectivity index (χ1n) is 7.54. The van der Waals surface area contributed by atoms with Gasteiger partial charge in [0, 0.05) is 19.6 Å². The third-order valence-electron chi connectivity index (χ3n) is 4.50. The van der Waals surface area contributed by atoms with Gasteiger partial charge in [-0.1, -0.05) is 0 Å². The maximum absolute atomic E-state index is 12.1. The molecule has 1 aliphatic heterocycles. The Bertz CT molecular complexity index is 418. The summed E-state index contributed by atoms with van der Waals surface area (Å²) in [6.45, 7) is 3.27. The fraction of sp³-hybridized carbons (Fsp3) is 0.786. The maximum atomic E-state index is 12.1. The first-order valence-corrected chi connectivity index (χ1v) is 7.54. The molecule has 0 aromatic carbocycles. The molecule has 1 aliphatic carbocycles. The molecule has 1 saturated carbocycles. The molecule has 3 N–H and O–H groups in total. The summed E-state index contributed by atoms with van der Waals surface area (Å²) in [4.78, 5) is 36.1. The molecule has 0 spiro atoms. The van der Waals surface area contributed by atoms with E-state index < -0.39 is 12.0 Å². The molecule has 118 valence electrons. The highest BCUT2D eigenvalue weighted by atomic mass is 16.4. The van der Waals surface area contributed by atoms with Crippen molar-refractivity contribution in [3.8, 4) is 0 Å². The quantitative estimate of drug-likeness (QED) is 0.702. The van der Waals surface area contributed by atoms with Crippen LogP contribution in [-0.4, -0.2) is 53.6 Å². The zero-order valence-corrected chi connectivity index (χ0v) is 12.3. The second-order valence-electron chi connectivity index (χ2n) is 5.90. The zero-order chi connectivity index (χ0) is 15.4. The van der Waals surface area contributed by atoms with E-state index in [1.165, 1.54) is 0 Å². The smallest absolute Gasteiger partial charge is 0.318 e. The zero-order valence-electron chi connectivity index (χ0n) is 12.3. The minimum Gasteiger partial charge on any atom is -0.481 e. The first kappa shape index (κ1) is 15.6. The van der Waals surface area contributed by atoms with Crippen molar-refractivity contribution < 1.29 is 19.5 Å². The molecule has 0 aromatic heterocycles. The number of aliphatic carboxylic acids is 1. The van der Waals surface area contributed by atoms with Crippen LogP contribution in [-0.2, 0) is 9.59 Å². The van der Waals surface area contributed by atoms with Gasteiger partial charge in [-0.15, -0.1) is 0 Å². The lowest BCUT2D eigenvalue weighted by Gasteiger charge is -2.33. The number of carbonyl (C=O) groups is 3. The van der Waals surface area contributed by atoms with Gasteiger partial charge in [-0.3, -0.25) is 9.59 Å². The standard InChI is InChI=1S/C14H23N3O4/c1-9-12(18)15-6-7-17(9)14(21)16-8-10-2-4-11(5-3-10)13(19)20/h9-11H,2-8H2,1H3,(H,15,18)(H,16,21)(H,19,20). The normalized spacial score (nSPS) is 29.7. The van der Waals surface area contributed by atoms with Crippen molar-refractivity contribution in [3.05, 3.63) is 0 Å². The molecule has 7 heteroatoms. The van der Waals surface area contributed by atoms with Gasteiger partial charge in [-0.25, -0.2) is 4.79 Å². The van der Waals surface area contributed by atoms with Gasteiger partial charge < -0.3 is 20.6 Å². The summed E-state index contributed by atoms with van der Waals surface area (Å²) >= 11 is 0. The lowest BCUT2D eigenvalue weighted by atomic mass is 9.82. The summed E-state index contributed by atoms with van der Waals surface area (Å²) < 4.78 is 0. The minimum atomic E-state index is -0.717. The highest BCUT2D eigenvalue weighted by Gasteiger charge is 2.30. The number of piperazine rings is 1. The number of carboxylic acids is 1. The number of amides is 3. The fourth-order valence-corrected chi connectivity index (χ4v) is 3.01. The molecule has 0 bridgehead atoms. The molecule has 1 saturated heterocycles. The lowest BCUT2D eigenvalue weighted by Crippen LogP contribution is -2.58. The number of carboxylic acid groups (broad SMARTS) is 1. The molecule has 1 heterocycles. The number of hydrogen-bond acceptors (Lipinski definition) is 3. The second kappa shape index (κ2) is 6.78. The number of nitrogens with one attached hydrogen (secondary N) is 2. The van der Waals surface area contributed by atoms with Crippen LogP contribution >= 0.6 is 0 Å². The van der Waals surface area contributed by atoms with Gasteiger partial charge in [-0.2, -0.15) is 0 Å². The fourth-order valence-electron chi connectivity index (χ4n) is 3.01. The van der Waals surface area contributed by atoms with E-state index in [4.69, 9.17) is 5.11 Å². The van der Waals surface area contributed by atoms with Gasteiger partial charge in [0.1, 0.15) is 6.04 Å². The maximum Gasteiger partial charge on any atom is 0.318 e. The van der Waals surface area contributed by atoms with Gasteiger partial charge in [0.2, 0.25) is 5.91 Å². The van der Waals surface area contributed by atoms with Crippen LogP contribution in [0.25, 0.3) is 0 Å². The summed E-state index contributed by atoms with van der Waals surface area (Å²) in [6.07, 6.45) is 3.01. The molecule has 2 aliphatic rings. The Morgan fingerprint density at radius 3 is 2.62 bits per heavy atom. The van der Waals surface area contributed by atoms with Crippen molar-refractivity contribution in [3.63, 3.8) is 0 Å². The van der Waals surface area contributed by atoms with Crippen LogP contribution in [0, 0.1) is 11.8 Å². The topological polar surface area (TPSA) is 98.7 Å². The molecule has 1 unspecified atom stereocenters. The summed E-state index contributed by atoms with van der Waals surface area (Å²) in [5.74, 6) is -0.745. The van der Waals surface area contributed by atoms with Crippen LogP contribution in [0.2, 0.25) is 0 Å². The molecule has 7 nitrogen and oxygen atoms in total. The first-order chi connectivity index (χ1) is 9.99. The highest BCUT2D eigenvalue weighted by molar-refractivity contribution is 5.87. The summed E-state index contributed by atoms with van der Waals surface area (Å²) in [6, 6.07) is -0.654. The van der Waals surface area contributed by atoms with E-state index in [-0.39, 0.29) is 17.9 Å². The molecule has 2 rings (SSSR count). The number of urea groups is 1. The predicted octanol–water partition coefficient (Wildman–Crippen LogP) is 0.407. The van der Waals surface area contributed by atoms with Crippen LogP contribution < -0.4 is 10.6 Å². The van der Waals surface area contributed by atoms with Crippen molar-refractivity contribution in [1.29, 1.82) is 0 Å². The summed E-state index contributed by atoms with van der Waals surface area (Å²) in [5.41, 5.74) is 0. The molecule has 21 heavy (non-hydrogen) atoms. The summed E-state index contributed by atoms with van der Waals surface area (Å²) in [5, 5.41) is 14.6. The molecule has 2 fully saturated rings. The Balaban J connectivity index is 1.74. The van der Waals surface area contributed by atoms with Crippen LogP contribution in [0.1, 0.15) is 32.6 Å². The molecular weight excluding hydrogens is 274 g/mol. The molecule has 1 atom stereocenters. The Morgan fingerprint density at radius 2 is 2.00 bits per heavy atom. The largest absolute Gasteiger partial charge is 0.481 e. The van der Waals surface area contributed by atoms with Crippen molar-refractivity contribution >= 4 is 17.9 Å². The molecule has 0 radical (unpaired) electrons. The van der Waals surface area contributed by atoms with Gasteiger partial charge in [0.15, 0.2) is 0 Å². The van der Waals surface area contributed by atoms with Crippen molar-refractivity contribution in [2.45, 2.75) is 38.6 Å². The monoisotopic (exact) mass is 297 g/mol. The average molecular weight is 297 g/mol. The van der Waals surface area contributed by atoms with Crippen LogP contribution in [0.4, 0.5) is 4.79 Å². The van der Waals surface area contributed by atoms with Crippen molar-refractivity contribution in [1.82, 2.24) is 15.5 Å². The van der Waals surface area contributed by atoms with Crippen molar-refractivity contribution in [2.75, 3.05) is 19.6 Å². The van der Waals surface area contributed by atoms with E-state index in [1.54, 1.807) is 11.8 Å². The van der Waals surface area contributed by atoms with Gasteiger partial charge in [-0.05, 0) is 38.5 Å². The SMILES string of the molecule is CC1C(=O)NCCN1C(=O)NCC1CCC(C(=O)O)CC1. The average Bonchev–Trinajstić information content (AvgIpc) is 2.48. The van der Waals surface area contributed by atoms with Gasteiger partial charge in [0.05, 0.1) is 5.92 Å². The van der Waals surface area contributed by atoms with Gasteiger partial charge in [0.25, 0.3) is 0 Å². The molecular formula is C14H23N3O4. The van der Waals surface area contributed by atoms with E-state index in [0.717, 1.165) is 12.8 Å². The van der Waals surface area contributed by atoms with Crippen molar-refractivity contribution in [2.24, 2.45) is 11.8 Å². The van der Waals surface area contributed by atoms with E-state index in [0.29, 0.717) is 38.4 Å². The van der Waals surface area contributed by atoms with E-state index in [1.807, 2.05) is 0 Å². The summed E-state index contributed by atoms with van der Waals surface area (Å²) in [7, 11) is 0. The van der Waals surface area contributed by atoms with Crippen LogP contribution in [0.3, 0.4) is 0 Å². The second-order valence-corrected chi connectivity index (χ2v) is 5.90. The van der Waals surface area contributed by atoms with Crippen LogP contribution in [0.15, 0.2) is 0 Å². The predicted molar refractivity (Wildman–Crippen MR) is 75.7 cm³/mol. The number of rotatable bonds is 3. The van der Waals surface area contributed by atoms with Crippen LogP contribution in [0.5, 0.6) is 0 Å². The number of nitrogens with zero attached hydrogens (tertiary/aromatic N) is 1. The Labute approximate surface area is 124 Å². The minimum absolute atomic E-state index is 0.127. The molecule has 3 amide bonds. The van der Waals surface area contributed by atoms with Gasteiger partial charge >= 0.3 is 12.0 Å². The Kier molecular flexibility index (Phi) is 5.03. The Morgan fingerprint density at radius 1 is 1.33 bits per heavy atom. The third kappa shape index (κ3) is 3.86. The Hall–Kier alpha value is -1.79. The number of hydrogen-bond donors (Lipinski definition) is 3. The highest BCUT2D eigenvalue weighted by Crippen LogP contribution is 2.28. The lowest BCUT2D eigenvalue weighted by molar-refractivity contribution is -0.143. The van der Waals surface area contributed by atoms with E-state index in [2.05, 4.69) is 10.6 Å².